The van der Waals surface area contributed by atoms with Crippen LogP contribution in [0.4, 0.5) is 10.2 Å². The lowest BCUT2D eigenvalue weighted by Crippen LogP contribution is -2.31. The predicted molar refractivity (Wildman–Crippen MR) is 91.4 cm³/mol. The highest BCUT2D eigenvalue weighted by Crippen LogP contribution is 2.41. The van der Waals surface area contributed by atoms with Crippen molar-refractivity contribution in [1.82, 2.24) is 9.97 Å². The molecule has 1 amide bonds. The van der Waals surface area contributed by atoms with Gasteiger partial charge in [-0.3, -0.25) is 4.79 Å². The summed E-state index contributed by atoms with van der Waals surface area (Å²) in [6, 6.07) is 7.83. The van der Waals surface area contributed by atoms with E-state index in [1.165, 1.54) is 12.1 Å². The van der Waals surface area contributed by atoms with Gasteiger partial charge >= 0.3 is 0 Å². The summed E-state index contributed by atoms with van der Waals surface area (Å²) in [5.74, 6) is 1.10. The van der Waals surface area contributed by atoms with E-state index in [0.717, 1.165) is 24.8 Å². The minimum atomic E-state index is -0.296. The summed E-state index contributed by atoms with van der Waals surface area (Å²) < 4.78 is 18.9. The smallest absolute Gasteiger partial charge is 0.231 e. The average Bonchev–Trinajstić information content (AvgIpc) is 3.31. The van der Waals surface area contributed by atoms with Gasteiger partial charge in [0.15, 0.2) is 0 Å². The third kappa shape index (κ3) is 3.54. The molecule has 2 aromatic rings. The number of benzene rings is 1. The Bertz CT molecular complexity index is 790. The summed E-state index contributed by atoms with van der Waals surface area (Å²) in [6.07, 6.45) is 3.09. The molecule has 1 aliphatic heterocycles. The van der Waals surface area contributed by atoms with Crippen LogP contribution in [0.5, 0.6) is 0 Å². The van der Waals surface area contributed by atoms with E-state index in [1.54, 1.807) is 25.1 Å². The largest absolute Gasteiger partial charge is 0.377 e. The van der Waals surface area contributed by atoms with Crippen molar-refractivity contribution in [3.05, 3.63) is 42.0 Å². The molecule has 1 saturated heterocycles. The number of aromatic nitrogens is 2. The van der Waals surface area contributed by atoms with Crippen molar-refractivity contribution in [1.29, 1.82) is 0 Å². The number of rotatable bonds is 4. The number of nitrogens with one attached hydrogen (secondary N) is 1. The Kier molecular flexibility index (Phi) is 4.21. The molecule has 0 spiro atoms. The Morgan fingerprint density at radius 3 is 2.68 bits per heavy atom. The summed E-state index contributed by atoms with van der Waals surface area (Å²) in [4.78, 5) is 21.4. The van der Waals surface area contributed by atoms with Crippen molar-refractivity contribution in [2.24, 2.45) is 11.8 Å². The molecule has 6 heteroatoms. The first-order valence-corrected chi connectivity index (χ1v) is 8.64. The number of ether oxygens (including phenoxy) is 1. The van der Waals surface area contributed by atoms with Gasteiger partial charge in [0.25, 0.3) is 0 Å². The molecule has 130 valence electrons. The van der Waals surface area contributed by atoms with Gasteiger partial charge in [-0.05, 0) is 56.4 Å². The Balaban J connectivity index is 1.54. The maximum Gasteiger partial charge on any atom is 0.231 e. The van der Waals surface area contributed by atoms with Gasteiger partial charge in [0.05, 0.1) is 17.7 Å². The van der Waals surface area contributed by atoms with Crippen LogP contribution >= 0.6 is 0 Å². The van der Waals surface area contributed by atoms with Crippen molar-refractivity contribution in [2.75, 3.05) is 11.9 Å². The summed E-state index contributed by atoms with van der Waals surface area (Å²) in [6.45, 7) is 2.41. The van der Waals surface area contributed by atoms with E-state index in [2.05, 4.69) is 15.3 Å². The van der Waals surface area contributed by atoms with Gasteiger partial charge in [0.1, 0.15) is 17.5 Å². The highest BCUT2D eigenvalue weighted by atomic mass is 19.1. The summed E-state index contributed by atoms with van der Waals surface area (Å²) in [5.41, 5.74) is 1.44. The van der Waals surface area contributed by atoms with Crippen LogP contribution in [0.2, 0.25) is 0 Å². The average molecular weight is 341 g/mol. The van der Waals surface area contributed by atoms with Crippen LogP contribution in [0.25, 0.3) is 11.3 Å². The molecule has 2 fully saturated rings. The van der Waals surface area contributed by atoms with Gasteiger partial charge < -0.3 is 10.1 Å². The van der Waals surface area contributed by atoms with Crippen LogP contribution in [-0.4, -0.2) is 28.6 Å². The van der Waals surface area contributed by atoms with Gasteiger partial charge in [-0.2, -0.15) is 0 Å². The fourth-order valence-electron chi connectivity index (χ4n) is 3.40. The van der Waals surface area contributed by atoms with E-state index in [-0.39, 0.29) is 23.7 Å². The molecule has 1 aromatic carbocycles. The van der Waals surface area contributed by atoms with Gasteiger partial charge in [-0.25, -0.2) is 14.4 Å². The zero-order chi connectivity index (χ0) is 17.4. The van der Waals surface area contributed by atoms with Crippen molar-refractivity contribution in [2.45, 2.75) is 32.3 Å². The zero-order valence-corrected chi connectivity index (χ0v) is 14.0. The van der Waals surface area contributed by atoms with Crippen molar-refractivity contribution >= 4 is 11.7 Å². The van der Waals surface area contributed by atoms with Gasteiger partial charge in [0.2, 0.25) is 5.91 Å². The standard InChI is InChI=1S/C19H20FN3O2/c1-11-21-16(12-4-6-14(20)7-5-12)10-17(22-11)23-19(24)15-8-9-25-18(15)13-2-3-13/h4-7,10,13,15,18H,2-3,8-9H2,1H3,(H,21,22,23,24)/t15-,18+/m1/s1. The number of halogens is 1. The first-order chi connectivity index (χ1) is 12.1. The Hall–Kier alpha value is -2.34. The Morgan fingerprint density at radius 2 is 1.96 bits per heavy atom. The van der Waals surface area contributed by atoms with Crippen molar-refractivity contribution in [3.8, 4) is 11.3 Å². The Labute approximate surface area is 145 Å². The van der Waals surface area contributed by atoms with E-state index < -0.39 is 0 Å². The van der Waals surface area contributed by atoms with Crippen LogP contribution < -0.4 is 5.32 Å². The van der Waals surface area contributed by atoms with Gasteiger partial charge in [-0.1, -0.05) is 0 Å². The van der Waals surface area contributed by atoms with E-state index >= 15 is 0 Å². The number of hydrogen-bond donors (Lipinski definition) is 1. The fraction of sp³-hybridized carbons (Fsp3) is 0.421. The summed E-state index contributed by atoms with van der Waals surface area (Å²) in [5, 5.41) is 2.91. The third-order valence-corrected chi connectivity index (χ3v) is 4.79. The van der Waals surface area contributed by atoms with Crippen LogP contribution in [0, 0.1) is 24.6 Å². The fourth-order valence-corrected chi connectivity index (χ4v) is 3.40. The third-order valence-electron chi connectivity index (χ3n) is 4.79. The molecule has 25 heavy (non-hydrogen) atoms. The van der Waals surface area contributed by atoms with E-state index in [4.69, 9.17) is 4.74 Å². The summed E-state index contributed by atoms with van der Waals surface area (Å²) >= 11 is 0. The van der Waals surface area contributed by atoms with Gasteiger partial charge in [0, 0.05) is 18.2 Å². The predicted octanol–water partition coefficient (Wildman–Crippen LogP) is 3.34. The van der Waals surface area contributed by atoms with Crippen LogP contribution in [0.15, 0.2) is 30.3 Å². The molecule has 1 saturated carbocycles. The summed E-state index contributed by atoms with van der Waals surface area (Å²) in [7, 11) is 0. The zero-order valence-electron chi connectivity index (χ0n) is 14.0. The monoisotopic (exact) mass is 341 g/mol. The first-order valence-electron chi connectivity index (χ1n) is 8.64. The minimum absolute atomic E-state index is 0.0412. The molecule has 0 radical (unpaired) electrons. The second-order valence-corrected chi connectivity index (χ2v) is 6.75. The SMILES string of the molecule is Cc1nc(NC(=O)[C@@H]2CCO[C@H]2C2CC2)cc(-c2ccc(F)cc2)n1. The number of carbonyl (C=O) groups is 1. The molecule has 1 aliphatic carbocycles. The van der Waals surface area contributed by atoms with Crippen LogP contribution in [0.3, 0.4) is 0 Å². The number of aryl methyl sites for hydroxylation is 1. The number of carbonyl (C=O) groups excluding carboxylic acids is 1. The van der Waals surface area contributed by atoms with Crippen molar-refractivity contribution in [3.63, 3.8) is 0 Å². The van der Waals surface area contributed by atoms with E-state index in [0.29, 0.717) is 29.9 Å². The first kappa shape index (κ1) is 16.1. The molecule has 0 bridgehead atoms. The molecular weight excluding hydrogens is 321 g/mol. The maximum atomic E-state index is 13.1. The van der Waals surface area contributed by atoms with Crippen molar-refractivity contribution < 1.29 is 13.9 Å². The minimum Gasteiger partial charge on any atom is -0.377 e. The number of anilines is 1. The number of nitrogens with zero attached hydrogens (tertiary/aromatic N) is 2. The lowest BCUT2D eigenvalue weighted by atomic mass is 9.97. The molecule has 2 atom stereocenters. The highest BCUT2D eigenvalue weighted by molar-refractivity contribution is 5.92. The second kappa shape index (κ2) is 6.52. The molecule has 0 unspecified atom stereocenters. The number of amides is 1. The molecule has 2 aliphatic rings. The molecular formula is C19H20FN3O2. The Morgan fingerprint density at radius 1 is 1.20 bits per heavy atom. The van der Waals surface area contributed by atoms with E-state index in [9.17, 15) is 9.18 Å². The normalized spacial score (nSPS) is 22.8. The molecule has 2 heterocycles. The quantitative estimate of drug-likeness (QED) is 0.926. The maximum absolute atomic E-state index is 13.1. The lowest BCUT2D eigenvalue weighted by molar-refractivity contribution is -0.121. The number of hydrogen-bond acceptors (Lipinski definition) is 4. The molecule has 1 N–H and O–H groups in total. The molecule has 5 nitrogen and oxygen atoms in total. The van der Waals surface area contributed by atoms with E-state index in [1.807, 2.05) is 0 Å². The van der Waals surface area contributed by atoms with Crippen LogP contribution in [0.1, 0.15) is 25.1 Å². The topological polar surface area (TPSA) is 64.1 Å². The van der Waals surface area contributed by atoms with Gasteiger partial charge in [-0.15, -0.1) is 0 Å². The molecule has 1 aromatic heterocycles. The van der Waals surface area contributed by atoms with Crippen LogP contribution in [-0.2, 0) is 9.53 Å². The second-order valence-electron chi connectivity index (χ2n) is 6.75. The highest BCUT2D eigenvalue weighted by Gasteiger charge is 2.43. The molecule has 4 rings (SSSR count). The lowest BCUT2D eigenvalue weighted by Gasteiger charge is -2.17.